The maximum absolute atomic E-state index is 12.9. The zero-order valence-corrected chi connectivity index (χ0v) is 15.2. The lowest BCUT2D eigenvalue weighted by atomic mass is 9.62. The third-order valence-corrected chi connectivity index (χ3v) is 8.06. The van der Waals surface area contributed by atoms with E-state index < -0.39 is 5.60 Å². The minimum Gasteiger partial charge on any atom is -0.466 e. The quantitative estimate of drug-likeness (QED) is 0.798. The highest BCUT2D eigenvalue weighted by atomic mass is 16.5. The highest BCUT2D eigenvalue weighted by Crippen LogP contribution is 2.70. The molecule has 2 aliphatic carbocycles. The number of nitrogens with one attached hydrogen (secondary N) is 1. The fourth-order valence-electron chi connectivity index (χ4n) is 7.32. The Balaban J connectivity index is 1.65. The number of piperidine rings is 1. The number of nitrogens with zero attached hydrogens (tertiary/aromatic N) is 1. The van der Waals surface area contributed by atoms with Crippen LogP contribution in [0.1, 0.15) is 31.7 Å². The number of methoxy groups -OCH3 is 1. The highest BCUT2D eigenvalue weighted by molar-refractivity contribution is 5.94. The lowest BCUT2D eigenvalue weighted by Crippen LogP contribution is -2.55. The Bertz CT molecular complexity index is 880. The first-order chi connectivity index (χ1) is 12.6. The van der Waals surface area contributed by atoms with E-state index in [1.165, 1.54) is 12.7 Å². The molecule has 0 aromatic heterocycles. The van der Waals surface area contributed by atoms with Gasteiger partial charge in [0.1, 0.15) is 0 Å². The van der Waals surface area contributed by atoms with Gasteiger partial charge in [-0.3, -0.25) is 4.90 Å². The van der Waals surface area contributed by atoms with Crippen molar-refractivity contribution in [3.8, 4) is 0 Å². The summed E-state index contributed by atoms with van der Waals surface area (Å²) < 4.78 is 5.24. The molecule has 0 radical (unpaired) electrons. The topological polar surface area (TPSA) is 61.8 Å². The Hall–Kier alpha value is -1.85. The zero-order chi connectivity index (χ0) is 17.8. The van der Waals surface area contributed by atoms with Crippen molar-refractivity contribution in [2.24, 2.45) is 11.8 Å². The fraction of sp³-hybridized carbons (Fsp3) is 0.571. The van der Waals surface area contributed by atoms with E-state index in [4.69, 9.17) is 4.74 Å². The SMILES string of the molecule is CC[C@@]1(O)C[C@@H]2[C@H]3C(C(=O)OC)=C4Nc5ccccc5[C@@]45CCN([C@@H]31)[C@@H]25. The molecule has 0 amide bonds. The molecule has 6 atom stereocenters. The third-order valence-electron chi connectivity index (χ3n) is 8.06. The first-order valence-corrected chi connectivity index (χ1v) is 9.74. The van der Waals surface area contributed by atoms with Gasteiger partial charge >= 0.3 is 5.97 Å². The van der Waals surface area contributed by atoms with Crippen LogP contribution in [-0.2, 0) is 14.9 Å². The second kappa shape index (κ2) is 4.52. The molecule has 26 heavy (non-hydrogen) atoms. The average Bonchev–Trinajstić information content (AvgIpc) is 3.34. The third kappa shape index (κ3) is 1.37. The van der Waals surface area contributed by atoms with Crippen molar-refractivity contribution in [3.05, 3.63) is 41.1 Å². The molecule has 0 unspecified atom stereocenters. The van der Waals surface area contributed by atoms with Gasteiger partial charge in [-0.15, -0.1) is 0 Å². The summed E-state index contributed by atoms with van der Waals surface area (Å²) in [5.74, 6) is 0.160. The summed E-state index contributed by atoms with van der Waals surface area (Å²) in [5.41, 5.74) is 3.44. The van der Waals surface area contributed by atoms with Crippen LogP contribution in [0.4, 0.5) is 5.69 Å². The van der Waals surface area contributed by atoms with Gasteiger partial charge in [0.15, 0.2) is 0 Å². The predicted molar refractivity (Wildman–Crippen MR) is 96.5 cm³/mol. The van der Waals surface area contributed by atoms with Crippen LogP contribution < -0.4 is 5.32 Å². The van der Waals surface area contributed by atoms with E-state index in [0.717, 1.165) is 42.8 Å². The van der Waals surface area contributed by atoms with E-state index in [2.05, 4.69) is 35.3 Å². The van der Waals surface area contributed by atoms with Crippen molar-refractivity contribution in [1.29, 1.82) is 0 Å². The molecule has 3 aliphatic heterocycles. The fourth-order valence-corrected chi connectivity index (χ4v) is 7.32. The number of carbonyl (C=O) groups excluding carboxylic acids is 1. The van der Waals surface area contributed by atoms with E-state index in [1.807, 2.05) is 6.07 Å². The summed E-state index contributed by atoms with van der Waals surface area (Å²) >= 11 is 0. The number of anilines is 1. The van der Waals surface area contributed by atoms with Crippen molar-refractivity contribution < 1.29 is 14.6 Å². The van der Waals surface area contributed by atoms with Gasteiger partial charge in [-0.05, 0) is 36.8 Å². The van der Waals surface area contributed by atoms with E-state index in [9.17, 15) is 9.90 Å². The van der Waals surface area contributed by atoms with Crippen LogP contribution in [-0.4, -0.2) is 47.3 Å². The maximum atomic E-state index is 12.9. The molecule has 6 rings (SSSR count). The van der Waals surface area contributed by atoms with Gasteiger partial charge in [0, 0.05) is 35.9 Å². The molecule has 5 heteroatoms. The van der Waals surface area contributed by atoms with Gasteiger partial charge in [0.25, 0.3) is 0 Å². The summed E-state index contributed by atoms with van der Waals surface area (Å²) in [6.07, 6.45) is 2.52. The van der Waals surface area contributed by atoms with E-state index in [1.54, 1.807) is 0 Å². The molecule has 1 aromatic carbocycles. The Morgan fingerprint density at radius 2 is 2.19 bits per heavy atom. The van der Waals surface area contributed by atoms with Gasteiger partial charge in [-0.2, -0.15) is 0 Å². The van der Waals surface area contributed by atoms with Crippen LogP contribution in [0.25, 0.3) is 0 Å². The Morgan fingerprint density at radius 1 is 1.38 bits per heavy atom. The summed E-state index contributed by atoms with van der Waals surface area (Å²) in [5, 5.41) is 15.0. The molecule has 136 valence electrons. The maximum Gasteiger partial charge on any atom is 0.335 e. The number of rotatable bonds is 2. The molecular formula is C21H24N2O3. The van der Waals surface area contributed by atoms with Gasteiger partial charge < -0.3 is 15.2 Å². The Labute approximate surface area is 153 Å². The molecule has 4 bridgehead atoms. The van der Waals surface area contributed by atoms with Gasteiger partial charge in [0.2, 0.25) is 0 Å². The van der Waals surface area contributed by atoms with Crippen LogP contribution in [0.5, 0.6) is 0 Å². The Kier molecular flexibility index (Phi) is 2.65. The number of ether oxygens (including phenoxy) is 1. The van der Waals surface area contributed by atoms with E-state index >= 15 is 0 Å². The summed E-state index contributed by atoms with van der Waals surface area (Å²) in [6, 6.07) is 8.88. The molecule has 2 saturated heterocycles. The number of para-hydroxylation sites is 1. The average molecular weight is 352 g/mol. The number of hydrogen-bond donors (Lipinski definition) is 2. The van der Waals surface area contributed by atoms with Gasteiger partial charge in [-0.1, -0.05) is 25.1 Å². The summed E-state index contributed by atoms with van der Waals surface area (Å²) in [4.78, 5) is 15.4. The molecule has 3 heterocycles. The zero-order valence-electron chi connectivity index (χ0n) is 15.2. The second-order valence-electron chi connectivity index (χ2n) is 8.65. The number of hydrogen-bond acceptors (Lipinski definition) is 5. The Morgan fingerprint density at radius 3 is 2.96 bits per heavy atom. The predicted octanol–water partition coefficient (Wildman–Crippen LogP) is 2.02. The van der Waals surface area contributed by atoms with Crippen LogP contribution >= 0.6 is 0 Å². The number of fused-ring (bicyclic) bond motifs is 2. The first kappa shape index (κ1) is 15.2. The number of esters is 1. The highest BCUT2D eigenvalue weighted by Gasteiger charge is 2.76. The van der Waals surface area contributed by atoms with Crippen LogP contribution in [0.15, 0.2) is 35.5 Å². The van der Waals surface area contributed by atoms with Crippen molar-refractivity contribution >= 4 is 11.7 Å². The molecule has 1 spiro atoms. The van der Waals surface area contributed by atoms with Crippen molar-refractivity contribution in [2.75, 3.05) is 19.0 Å². The molecular weight excluding hydrogens is 328 g/mol. The van der Waals surface area contributed by atoms with Crippen molar-refractivity contribution in [1.82, 2.24) is 4.90 Å². The minimum absolute atomic E-state index is 0.0306. The standard InChI is InChI=1S/C21H24N2O3/c1-3-20(25)10-11-14-15(19(24)26-2)16-21(8-9-23(17(11)21)18(14)20)12-6-4-5-7-13(12)22-16/h4-7,11,14,17-18,22,25H,3,8-10H2,1-2H3/t11-,14+,17+,18+,20-,21+/m1/s1. The number of aliphatic hydroxyl groups is 1. The lowest BCUT2D eigenvalue weighted by molar-refractivity contribution is -0.137. The summed E-state index contributed by atoms with van der Waals surface area (Å²) in [6.45, 7) is 3.05. The van der Waals surface area contributed by atoms with Gasteiger partial charge in [-0.25, -0.2) is 4.79 Å². The molecule has 5 nitrogen and oxygen atoms in total. The largest absolute Gasteiger partial charge is 0.466 e. The number of carbonyl (C=O) groups is 1. The van der Waals surface area contributed by atoms with Crippen LogP contribution in [0.2, 0.25) is 0 Å². The number of benzene rings is 1. The second-order valence-corrected chi connectivity index (χ2v) is 8.65. The van der Waals surface area contributed by atoms with Crippen molar-refractivity contribution in [2.45, 2.75) is 49.3 Å². The summed E-state index contributed by atoms with van der Waals surface area (Å²) in [7, 11) is 1.47. The molecule has 5 aliphatic rings. The monoisotopic (exact) mass is 352 g/mol. The first-order valence-electron chi connectivity index (χ1n) is 9.74. The molecule has 1 aromatic rings. The van der Waals surface area contributed by atoms with E-state index in [0.29, 0.717) is 12.0 Å². The lowest BCUT2D eigenvalue weighted by Gasteiger charge is -2.45. The molecule has 3 fully saturated rings. The normalized spacial score (nSPS) is 44.1. The van der Waals surface area contributed by atoms with Crippen LogP contribution in [0, 0.1) is 11.8 Å². The van der Waals surface area contributed by atoms with Gasteiger partial charge in [0.05, 0.1) is 23.7 Å². The smallest absolute Gasteiger partial charge is 0.335 e. The van der Waals surface area contributed by atoms with Crippen LogP contribution in [0.3, 0.4) is 0 Å². The molecule has 1 saturated carbocycles. The minimum atomic E-state index is -0.699. The van der Waals surface area contributed by atoms with Crippen molar-refractivity contribution in [3.63, 3.8) is 0 Å². The molecule has 2 N–H and O–H groups in total. The van der Waals surface area contributed by atoms with E-state index in [-0.39, 0.29) is 23.3 Å².